The highest BCUT2D eigenvalue weighted by molar-refractivity contribution is 5.70. The molecule has 0 unspecified atom stereocenters. The molecule has 0 N–H and O–H groups in total. The van der Waals surface area contributed by atoms with Gasteiger partial charge in [0.25, 0.3) is 0 Å². The topological polar surface area (TPSA) is 66.2 Å². The fraction of sp³-hybridized carbons (Fsp3) is 0.250. The number of hydrogen-bond donors (Lipinski definition) is 0. The number of benzene rings is 1. The molecular formula is C12H11F2N3O3. The Labute approximate surface area is 112 Å². The van der Waals surface area contributed by atoms with Gasteiger partial charge in [-0.1, -0.05) is 0 Å². The summed E-state index contributed by atoms with van der Waals surface area (Å²) in [7, 11) is 2.76. The van der Waals surface area contributed by atoms with Gasteiger partial charge in [0.2, 0.25) is 0 Å². The third kappa shape index (κ3) is 3.08. The second kappa shape index (κ2) is 5.64. The Morgan fingerprint density at radius 1 is 1.30 bits per heavy atom. The summed E-state index contributed by atoms with van der Waals surface area (Å²) in [6, 6.07) is 2.92. The molecule has 0 aliphatic rings. The van der Waals surface area contributed by atoms with E-state index in [1.807, 2.05) is 0 Å². The van der Waals surface area contributed by atoms with Gasteiger partial charge in [-0.25, -0.2) is 18.3 Å². The van der Waals surface area contributed by atoms with E-state index in [4.69, 9.17) is 4.74 Å². The van der Waals surface area contributed by atoms with Crippen LogP contribution in [0.25, 0.3) is 11.4 Å². The standard InChI is InChI=1S/C12H11F2N3O3/c1-17-11(7-3-8(13)5-9(14)4-7)15-12(16-17)20-6-10(18)19-2/h3-5H,6H2,1-2H3. The quantitative estimate of drug-likeness (QED) is 0.791. The highest BCUT2D eigenvalue weighted by Gasteiger charge is 2.13. The Morgan fingerprint density at radius 3 is 2.55 bits per heavy atom. The van der Waals surface area contributed by atoms with Gasteiger partial charge in [-0.3, -0.25) is 0 Å². The first-order chi connectivity index (χ1) is 9.49. The second-order valence-electron chi connectivity index (χ2n) is 3.86. The van der Waals surface area contributed by atoms with Crippen molar-refractivity contribution in [2.24, 2.45) is 7.05 Å². The summed E-state index contributed by atoms with van der Waals surface area (Å²) in [6.45, 7) is -0.350. The number of rotatable bonds is 4. The van der Waals surface area contributed by atoms with Crippen molar-refractivity contribution < 1.29 is 23.0 Å². The van der Waals surface area contributed by atoms with Crippen LogP contribution >= 0.6 is 0 Å². The maximum Gasteiger partial charge on any atom is 0.344 e. The van der Waals surface area contributed by atoms with E-state index in [2.05, 4.69) is 14.8 Å². The van der Waals surface area contributed by atoms with E-state index in [0.717, 1.165) is 18.2 Å². The predicted octanol–water partition coefficient (Wildman–Crippen LogP) is 1.31. The highest BCUT2D eigenvalue weighted by Crippen LogP contribution is 2.21. The Bertz CT molecular complexity index is 623. The van der Waals surface area contributed by atoms with E-state index in [0.29, 0.717) is 0 Å². The first-order valence-corrected chi connectivity index (χ1v) is 5.56. The summed E-state index contributed by atoms with van der Waals surface area (Å²) in [5.41, 5.74) is 0.213. The number of hydrogen-bond acceptors (Lipinski definition) is 5. The van der Waals surface area contributed by atoms with Crippen molar-refractivity contribution in [1.29, 1.82) is 0 Å². The van der Waals surface area contributed by atoms with Gasteiger partial charge in [-0.05, 0) is 12.1 Å². The van der Waals surface area contributed by atoms with Crippen LogP contribution in [0.1, 0.15) is 0 Å². The minimum Gasteiger partial charge on any atom is -0.466 e. The van der Waals surface area contributed by atoms with Crippen molar-refractivity contribution in [3.8, 4) is 17.4 Å². The van der Waals surface area contributed by atoms with Crippen molar-refractivity contribution >= 4 is 5.97 Å². The van der Waals surface area contributed by atoms with Crippen LogP contribution in [-0.4, -0.2) is 34.5 Å². The van der Waals surface area contributed by atoms with Gasteiger partial charge in [-0.15, -0.1) is 5.10 Å². The summed E-state index contributed by atoms with van der Waals surface area (Å²) >= 11 is 0. The van der Waals surface area contributed by atoms with Crippen LogP contribution in [-0.2, 0) is 16.6 Å². The van der Waals surface area contributed by atoms with Crippen LogP contribution in [0.15, 0.2) is 18.2 Å². The third-order valence-corrected chi connectivity index (χ3v) is 2.41. The molecule has 106 valence electrons. The van der Waals surface area contributed by atoms with Gasteiger partial charge in [0, 0.05) is 18.7 Å². The molecule has 0 amide bonds. The number of ether oxygens (including phenoxy) is 2. The molecule has 0 fully saturated rings. The monoisotopic (exact) mass is 283 g/mol. The molecule has 0 radical (unpaired) electrons. The SMILES string of the molecule is COC(=O)COc1nc(-c2cc(F)cc(F)c2)n(C)n1. The molecule has 0 bridgehead atoms. The van der Waals surface area contributed by atoms with Crippen LogP contribution in [0.4, 0.5) is 8.78 Å². The number of halogens is 2. The van der Waals surface area contributed by atoms with Gasteiger partial charge >= 0.3 is 12.0 Å². The molecule has 20 heavy (non-hydrogen) atoms. The van der Waals surface area contributed by atoms with E-state index in [9.17, 15) is 13.6 Å². The number of carbonyl (C=O) groups excluding carboxylic acids is 1. The fourth-order valence-electron chi connectivity index (χ4n) is 1.54. The molecule has 0 saturated heterocycles. The molecule has 1 aromatic heterocycles. The molecule has 1 aromatic carbocycles. The van der Waals surface area contributed by atoms with E-state index < -0.39 is 17.6 Å². The Balaban J connectivity index is 2.24. The maximum atomic E-state index is 13.2. The fourth-order valence-corrected chi connectivity index (χ4v) is 1.54. The second-order valence-corrected chi connectivity index (χ2v) is 3.86. The van der Waals surface area contributed by atoms with Crippen molar-refractivity contribution in [3.05, 3.63) is 29.8 Å². The zero-order valence-electron chi connectivity index (χ0n) is 10.8. The van der Waals surface area contributed by atoms with E-state index in [1.54, 1.807) is 0 Å². The highest BCUT2D eigenvalue weighted by atomic mass is 19.1. The zero-order valence-corrected chi connectivity index (χ0v) is 10.8. The van der Waals surface area contributed by atoms with Crippen LogP contribution < -0.4 is 4.74 Å². The number of esters is 1. The smallest absolute Gasteiger partial charge is 0.344 e. The molecule has 1 heterocycles. The summed E-state index contributed by atoms with van der Waals surface area (Å²) in [4.78, 5) is 14.9. The van der Waals surface area contributed by atoms with Crippen LogP contribution in [0.2, 0.25) is 0 Å². The van der Waals surface area contributed by atoms with Gasteiger partial charge < -0.3 is 9.47 Å². The van der Waals surface area contributed by atoms with Gasteiger partial charge in [0.15, 0.2) is 12.4 Å². The Kier molecular flexibility index (Phi) is 3.92. The lowest BCUT2D eigenvalue weighted by molar-refractivity contribution is -0.143. The molecule has 0 spiro atoms. The molecule has 6 nitrogen and oxygen atoms in total. The van der Waals surface area contributed by atoms with Crippen LogP contribution in [0.3, 0.4) is 0 Å². The number of aromatic nitrogens is 3. The average Bonchev–Trinajstić information content (AvgIpc) is 2.76. The lowest BCUT2D eigenvalue weighted by Crippen LogP contribution is -2.13. The molecule has 0 saturated carbocycles. The van der Waals surface area contributed by atoms with Gasteiger partial charge in [0.05, 0.1) is 7.11 Å². The average molecular weight is 283 g/mol. The Hall–Kier alpha value is -2.51. The number of methoxy groups -OCH3 is 1. The molecule has 0 atom stereocenters. The lowest BCUT2D eigenvalue weighted by Gasteiger charge is -2.00. The van der Waals surface area contributed by atoms with Crippen molar-refractivity contribution in [1.82, 2.24) is 14.8 Å². The predicted molar refractivity (Wildman–Crippen MR) is 63.9 cm³/mol. The third-order valence-electron chi connectivity index (χ3n) is 2.41. The minimum atomic E-state index is -0.722. The van der Waals surface area contributed by atoms with Crippen molar-refractivity contribution in [2.75, 3.05) is 13.7 Å². The summed E-state index contributed by atoms with van der Waals surface area (Å²) in [6.07, 6.45) is 0. The number of carbonyl (C=O) groups is 1. The van der Waals surface area contributed by atoms with Crippen LogP contribution in [0.5, 0.6) is 6.01 Å². The number of aryl methyl sites for hydroxylation is 1. The lowest BCUT2D eigenvalue weighted by atomic mass is 10.2. The molecule has 0 aliphatic carbocycles. The molecule has 2 rings (SSSR count). The number of nitrogens with zero attached hydrogens (tertiary/aromatic N) is 3. The molecular weight excluding hydrogens is 272 g/mol. The summed E-state index contributed by atoms with van der Waals surface area (Å²) in [5, 5.41) is 3.88. The Morgan fingerprint density at radius 2 is 1.95 bits per heavy atom. The van der Waals surface area contributed by atoms with Gasteiger partial charge in [0.1, 0.15) is 11.6 Å². The maximum absolute atomic E-state index is 13.2. The van der Waals surface area contributed by atoms with E-state index in [-0.39, 0.29) is 24.0 Å². The first kappa shape index (κ1) is 13.9. The van der Waals surface area contributed by atoms with Gasteiger partial charge in [-0.2, -0.15) is 4.98 Å². The van der Waals surface area contributed by atoms with Crippen molar-refractivity contribution in [3.63, 3.8) is 0 Å². The van der Waals surface area contributed by atoms with Crippen LogP contribution in [0, 0.1) is 11.6 Å². The summed E-state index contributed by atoms with van der Waals surface area (Å²) < 4.78 is 37.0. The summed E-state index contributed by atoms with van der Waals surface area (Å²) in [5.74, 6) is -1.82. The molecule has 0 aliphatic heterocycles. The molecule has 2 aromatic rings. The van der Waals surface area contributed by atoms with E-state index >= 15 is 0 Å². The van der Waals surface area contributed by atoms with E-state index in [1.165, 1.54) is 18.8 Å². The first-order valence-electron chi connectivity index (χ1n) is 5.56. The largest absolute Gasteiger partial charge is 0.466 e. The van der Waals surface area contributed by atoms with Crippen molar-refractivity contribution in [2.45, 2.75) is 0 Å². The minimum absolute atomic E-state index is 0.0856. The normalized spacial score (nSPS) is 10.4. The molecule has 8 heteroatoms. The zero-order chi connectivity index (χ0) is 14.7.